The van der Waals surface area contributed by atoms with Crippen molar-refractivity contribution in [2.75, 3.05) is 43.9 Å². The Bertz CT molecular complexity index is 1540. The molecule has 3 heterocycles. The van der Waals surface area contributed by atoms with Gasteiger partial charge in [0, 0.05) is 54.7 Å². The Morgan fingerprint density at radius 2 is 1.59 bits per heavy atom. The Labute approximate surface area is 407 Å². The van der Waals surface area contributed by atoms with Crippen LogP contribution in [0.4, 0.5) is 22.0 Å². The van der Waals surface area contributed by atoms with Gasteiger partial charge in [0.2, 0.25) is 11.9 Å². The van der Waals surface area contributed by atoms with Gasteiger partial charge in [-0.1, -0.05) is 96.9 Å². The number of amidine groups is 1. The second-order valence-corrected chi connectivity index (χ2v) is 12.3. The molecule has 0 atom stereocenters. The minimum atomic E-state index is -0.504. The van der Waals surface area contributed by atoms with Crippen LogP contribution in [0.3, 0.4) is 0 Å². The van der Waals surface area contributed by atoms with E-state index in [1.165, 1.54) is 11.1 Å². The summed E-state index contributed by atoms with van der Waals surface area (Å²) in [4.78, 5) is 37.8. The topological polar surface area (TPSA) is 116 Å². The Morgan fingerprint density at radius 3 is 2.12 bits per heavy atom. The number of anilines is 2. The molecule has 4 rings (SSSR count). The number of rotatable bonds is 11. The van der Waals surface area contributed by atoms with Gasteiger partial charge in [-0.3, -0.25) is 9.59 Å². The molecule has 0 saturated carbocycles. The van der Waals surface area contributed by atoms with Gasteiger partial charge in [-0.05, 0) is 76.4 Å². The standard InChI is InChI=1S/C34H44N8O2.2C3H7.2C2H6.K.U/c1-7-23(3)20-36-33-29(24(4)8-2)19-30(39-33)25-11-13-26(14-12-25)38-34(44)40-31-18-28(15-16-35-31)42-21-27(22-42)37-32(43)10-9-17-41(5)6;2*1-3-2;2*1-2;;/h9-16,18-20,27H,7-8,17,21-22H2,1-6H3,(H4,35,36,37,38,39,40,43,44);2*1,3H2,2H3;2*1-2H3;;/q;2*-1;;;+1;+2/p-1/b10-9+,23-20?,29-24+;;;;;;. The number of benzene rings is 1. The second-order valence-electron chi connectivity index (χ2n) is 12.3. The molecule has 12 heteroatoms. The number of carbonyl (C=O) groups excluding carboxylic acids is 2. The monoisotopic (exact) mass is 1020 g/mol. The molecule has 1 saturated heterocycles. The van der Waals surface area contributed by atoms with E-state index in [0.717, 1.165) is 54.0 Å². The number of likely N-dealkylation sites (N-methyl/N-ethyl adjacent to an activating group) is 1. The van der Waals surface area contributed by atoms with E-state index in [4.69, 9.17) is 4.99 Å². The molecule has 2 aliphatic rings. The first-order chi connectivity index (χ1) is 26.0. The molecule has 0 aliphatic carbocycles. The summed E-state index contributed by atoms with van der Waals surface area (Å²) in [5.41, 5.74) is 7.08. The number of hydrogen-bond acceptors (Lipinski definition) is 6. The van der Waals surface area contributed by atoms with Gasteiger partial charge in [-0.25, -0.2) is 4.99 Å². The average molecular weight is 1020 g/mol. The van der Waals surface area contributed by atoms with Crippen molar-refractivity contribution < 1.29 is 92.1 Å². The number of nitrogens with zero attached hydrogens (tertiary/aromatic N) is 5. The van der Waals surface area contributed by atoms with E-state index in [-0.39, 0.29) is 94.4 Å². The quantitative estimate of drug-likeness (QED) is 0.121. The zero-order chi connectivity index (χ0) is 41.1. The van der Waals surface area contributed by atoms with Crippen LogP contribution in [0.15, 0.2) is 88.7 Å². The first kappa shape index (κ1) is 58.3. The van der Waals surface area contributed by atoms with Crippen LogP contribution in [0.2, 0.25) is 0 Å². The van der Waals surface area contributed by atoms with Crippen LogP contribution in [-0.4, -0.2) is 67.4 Å². The minimum absolute atomic E-state index is 0. The molecule has 10 nitrogen and oxygen atoms in total. The number of allylic oxidation sites excluding steroid dienone is 2. The van der Waals surface area contributed by atoms with Crippen molar-refractivity contribution in [1.29, 1.82) is 0 Å². The number of aromatic nitrogens is 1. The third-order valence-electron chi connectivity index (χ3n) is 7.48. The summed E-state index contributed by atoms with van der Waals surface area (Å²) in [6, 6.07) is 10.8. The molecule has 2 aliphatic heterocycles. The molecular formula is C44H69KN8O2U. The van der Waals surface area contributed by atoms with Crippen LogP contribution in [0.1, 0.15) is 100 Å². The normalized spacial score (nSPS) is 14.6. The van der Waals surface area contributed by atoms with Gasteiger partial charge in [0.15, 0.2) is 0 Å². The van der Waals surface area contributed by atoms with E-state index in [9.17, 15) is 9.59 Å². The summed E-state index contributed by atoms with van der Waals surface area (Å²) in [7, 11) is 3.91. The Balaban J connectivity index is -0.00000214. The number of nitrogens with one attached hydrogen (secondary N) is 3. The third-order valence-corrected chi connectivity index (χ3v) is 7.48. The summed E-state index contributed by atoms with van der Waals surface area (Å²) < 4.78 is 0. The van der Waals surface area contributed by atoms with Crippen LogP contribution in [0.5, 0.6) is 0 Å². The third kappa shape index (κ3) is 22.8. The molecule has 302 valence electrons. The van der Waals surface area contributed by atoms with Crippen molar-refractivity contribution in [2.45, 2.75) is 101 Å². The van der Waals surface area contributed by atoms with Gasteiger partial charge in [-0.15, -0.1) is 0 Å². The van der Waals surface area contributed by atoms with Crippen molar-refractivity contribution in [1.82, 2.24) is 20.5 Å². The molecular weight excluding hydrogens is 950 g/mol. The van der Waals surface area contributed by atoms with E-state index < -0.39 is 6.03 Å². The van der Waals surface area contributed by atoms with Crippen LogP contribution < -0.4 is 72.2 Å². The van der Waals surface area contributed by atoms with Gasteiger partial charge in [0.1, 0.15) is 5.84 Å². The first-order valence-corrected chi connectivity index (χ1v) is 19.4. The number of pyridine rings is 1. The summed E-state index contributed by atoms with van der Waals surface area (Å²) in [5, 5.41) is 13.4. The van der Waals surface area contributed by atoms with Gasteiger partial charge >= 0.3 is 82.5 Å². The van der Waals surface area contributed by atoms with Crippen molar-refractivity contribution >= 4 is 40.7 Å². The summed E-state index contributed by atoms with van der Waals surface area (Å²) >= 11 is 0. The van der Waals surface area contributed by atoms with Crippen LogP contribution in [0.25, 0.3) is 11.0 Å². The smallest absolute Gasteiger partial charge is 0.381 e. The Hall–Kier alpha value is -2.01. The van der Waals surface area contributed by atoms with E-state index in [0.29, 0.717) is 31.1 Å². The molecule has 0 unspecified atom stereocenters. The van der Waals surface area contributed by atoms with Gasteiger partial charge < -0.3 is 49.9 Å². The molecule has 2 aromatic rings. The molecule has 56 heavy (non-hydrogen) atoms. The zero-order valence-electron chi connectivity index (χ0n) is 36.8. The summed E-state index contributed by atoms with van der Waals surface area (Å²) in [6.07, 6.45) is 13.0. The number of carbonyl (C=O) groups is 2. The molecule has 1 aromatic heterocycles. The van der Waals surface area contributed by atoms with E-state index in [1.54, 1.807) is 18.3 Å². The Morgan fingerprint density at radius 1 is 1.00 bits per heavy atom. The predicted molar refractivity (Wildman–Crippen MR) is 234 cm³/mol. The van der Waals surface area contributed by atoms with Crippen LogP contribution >= 0.6 is 0 Å². The number of amides is 3. The number of urea groups is 1. The van der Waals surface area contributed by atoms with Gasteiger partial charge in [-0.2, -0.15) is 12.8 Å². The SMILES string of the molecule is CC.CC.CCC(C)=CN=C1NC(c2ccc(NC(=O)[N-]c3cc(N4CC(NC(=O)/C=C/CN(C)C)C4)ccn3)cc2)=C/C1=C(/C)CC.[CH2-]CC.[CH2-]CC.[K+].[U+2]. The fourth-order valence-corrected chi connectivity index (χ4v) is 4.54. The predicted octanol–water partition coefficient (Wildman–Crippen LogP) is 7.64. The van der Waals surface area contributed by atoms with Gasteiger partial charge in [0.05, 0.1) is 6.04 Å². The minimum Gasteiger partial charge on any atom is -0.381 e. The van der Waals surface area contributed by atoms with E-state index in [2.05, 4.69) is 78.8 Å². The molecule has 0 bridgehead atoms. The number of aliphatic imine (C=N–C) groups is 1. The zero-order valence-corrected chi connectivity index (χ0v) is 44.1. The fourth-order valence-electron chi connectivity index (χ4n) is 4.54. The van der Waals surface area contributed by atoms with E-state index in [1.807, 2.05) is 103 Å². The van der Waals surface area contributed by atoms with Crippen molar-refractivity contribution in [3.8, 4) is 0 Å². The molecule has 0 radical (unpaired) electrons. The van der Waals surface area contributed by atoms with Gasteiger partial charge in [0.25, 0.3) is 0 Å². The average Bonchev–Trinajstić information content (AvgIpc) is 3.58. The largest absolute Gasteiger partial charge is 2.00 e. The molecule has 3 amide bonds. The first-order valence-electron chi connectivity index (χ1n) is 19.4. The maximum Gasteiger partial charge on any atom is 2.00 e. The summed E-state index contributed by atoms with van der Waals surface area (Å²) in [5.74, 6) is 1.08. The fraction of sp³-hybridized carbons (Fsp3) is 0.455. The van der Waals surface area contributed by atoms with Crippen molar-refractivity contribution in [3.63, 3.8) is 0 Å². The maximum atomic E-state index is 12.7. The second kappa shape index (κ2) is 35.0. The summed E-state index contributed by atoms with van der Waals surface area (Å²) in [6.45, 7) is 29.5. The number of hydrogen-bond donors (Lipinski definition) is 3. The molecule has 0 spiro atoms. The van der Waals surface area contributed by atoms with Crippen LogP contribution in [-0.2, 0) is 4.79 Å². The maximum absolute atomic E-state index is 12.7. The van der Waals surface area contributed by atoms with Crippen molar-refractivity contribution in [2.24, 2.45) is 4.99 Å². The van der Waals surface area contributed by atoms with Crippen LogP contribution in [0, 0.1) is 45.0 Å². The van der Waals surface area contributed by atoms with Crippen molar-refractivity contribution in [3.05, 3.63) is 108 Å². The van der Waals surface area contributed by atoms with E-state index >= 15 is 0 Å². The molecule has 1 fully saturated rings. The molecule has 3 N–H and O–H groups in total. The Kier molecular flexibility index (Phi) is 36.4. The molecule has 1 aromatic carbocycles.